The lowest BCUT2D eigenvalue weighted by atomic mass is 10.0. The normalized spacial score (nSPS) is 16.7. The van der Waals surface area contributed by atoms with E-state index in [4.69, 9.17) is 4.74 Å². The van der Waals surface area contributed by atoms with Gasteiger partial charge in [-0.25, -0.2) is 0 Å². The van der Waals surface area contributed by atoms with Crippen LogP contribution in [0.25, 0.3) is 0 Å². The van der Waals surface area contributed by atoms with Gasteiger partial charge in [-0.15, -0.1) is 0 Å². The maximum absolute atomic E-state index is 12.9. The van der Waals surface area contributed by atoms with Crippen molar-refractivity contribution in [1.29, 1.82) is 0 Å². The molecule has 5 heteroatoms. The van der Waals surface area contributed by atoms with Crippen molar-refractivity contribution in [3.63, 3.8) is 0 Å². The zero-order valence-electron chi connectivity index (χ0n) is 14.6. The van der Waals surface area contributed by atoms with Crippen LogP contribution in [0.5, 0.6) is 5.75 Å². The number of nitrogens with zero attached hydrogens (tertiary/aromatic N) is 2. The molecular formula is C20H22N2O3. The molecule has 0 saturated carbocycles. The van der Waals surface area contributed by atoms with Crippen LogP contribution in [0.3, 0.4) is 0 Å². The highest BCUT2D eigenvalue weighted by Gasteiger charge is 2.30. The Morgan fingerprint density at radius 3 is 2.68 bits per heavy atom. The molecule has 1 saturated heterocycles. The fraction of sp³-hybridized carbons (Fsp3) is 0.350. The lowest BCUT2D eigenvalue weighted by Crippen LogP contribution is -2.32. The van der Waals surface area contributed by atoms with Crippen LogP contribution in [0.2, 0.25) is 0 Å². The molecule has 1 fully saturated rings. The number of hydrogen-bond acceptors (Lipinski definition) is 4. The molecule has 0 bridgehead atoms. The summed E-state index contributed by atoms with van der Waals surface area (Å²) in [4.78, 5) is 30.5. The van der Waals surface area contributed by atoms with Gasteiger partial charge in [0.05, 0.1) is 19.6 Å². The van der Waals surface area contributed by atoms with Gasteiger partial charge in [-0.3, -0.25) is 14.6 Å². The molecule has 5 nitrogen and oxygen atoms in total. The fourth-order valence-corrected chi connectivity index (χ4v) is 3.40. The van der Waals surface area contributed by atoms with Gasteiger partial charge in [-0.1, -0.05) is 0 Å². The number of likely N-dealkylation sites (tertiary alicyclic amines) is 1. The molecule has 0 aliphatic carbocycles. The summed E-state index contributed by atoms with van der Waals surface area (Å²) < 4.78 is 5.36. The summed E-state index contributed by atoms with van der Waals surface area (Å²) in [6.45, 7) is 2.27. The van der Waals surface area contributed by atoms with Crippen molar-refractivity contribution in [2.45, 2.75) is 32.2 Å². The molecule has 3 rings (SSSR count). The predicted octanol–water partition coefficient (Wildman–Crippen LogP) is 3.20. The lowest BCUT2D eigenvalue weighted by molar-refractivity contribution is -0.131. The highest BCUT2D eigenvalue weighted by atomic mass is 16.5. The van der Waals surface area contributed by atoms with Gasteiger partial charge in [0.25, 0.3) is 0 Å². The van der Waals surface area contributed by atoms with E-state index in [1.54, 1.807) is 37.7 Å². The van der Waals surface area contributed by atoms with E-state index in [-0.39, 0.29) is 24.2 Å². The predicted molar refractivity (Wildman–Crippen MR) is 94.6 cm³/mol. The minimum Gasteiger partial charge on any atom is -0.496 e. The van der Waals surface area contributed by atoms with Crippen LogP contribution >= 0.6 is 0 Å². The van der Waals surface area contributed by atoms with Crippen LogP contribution in [0.1, 0.15) is 47.3 Å². The van der Waals surface area contributed by atoms with E-state index < -0.39 is 0 Å². The molecule has 2 aromatic rings. The maximum atomic E-state index is 12.9. The van der Waals surface area contributed by atoms with E-state index >= 15 is 0 Å². The number of carbonyl (C=O) groups excluding carboxylic acids is 2. The molecule has 1 aliphatic heterocycles. The molecule has 25 heavy (non-hydrogen) atoms. The summed E-state index contributed by atoms with van der Waals surface area (Å²) >= 11 is 0. The number of rotatable bonds is 5. The number of methoxy groups -OCH3 is 1. The molecule has 0 radical (unpaired) electrons. The number of aromatic nitrogens is 1. The van der Waals surface area contributed by atoms with Crippen LogP contribution in [0.15, 0.2) is 42.7 Å². The first kappa shape index (κ1) is 17.1. The van der Waals surface area contributed by atoms with Gasteiger partial charge in [0.15, 0.2) is 5.78 Å². The molecule has 0 N–H and O–H groups in total. The molecule has 130 valence electrons. The molecule has 1 amide bonds. The van der Waals surface area contributed by atoms with Crippen molar-refractivity contribution in [3.05, 3.63) is 59.4 Å². The molecule has 1 aliphatic rings. The van der Waals surface area contributed by atoms with Crippen LogP contribution in [-0.2, 0) is 11.2 Å². The standard InChI is InChI=1S/C20H22N2O3/c1-14(23)16-5-6-19(25-2)17(12-16)13-20(24)22-11-3-4-18(22)15-7-9-21-10-8-15/h5-10,12,18H,3-4,11,13H2,1-2H3. The van der Waals surface area contributed by atoms with E-state index in [1.807, 2.05) is 17.0 Å². The van der Waals surface area contributed by atoms with Crippen molar-refractivity contribution in [1.82, 2.24) is 9.88 Å². The highest BCUT2D eigenvalue weighted by Crippen LogP contribution is 2.32. The zero-order chi connectivity index (χ0) is 17.8. The quantitative estimate of drug-likeness (QED) is 0.786. The molecule has 2 heterocycles. The zero-order valence-corrected chi connectivity index (χ0v) is 14.6. The van der Waals surface area contributed by atoms with E-state index in [9.17, 15) is 9.59 Å². The third-order valence-electron chi connectivity index (χ3n) is 4.69. The van der Waals surface area contributed by atoms with Crippen molar-refractivity contribution < 1.29 is 14.3 Å². The van der Waals surface area contributed by atoms with Gasteiger partial charge in [-0.2, -0.15) is 0 Å². The maximum Gasteiger partial charge on any atom is 0.227 e. The van der Waals surface area contributed by atoms with Crippen LogP contribution in [-0.4, -0.2) is 35.2 Å². The average Bonchev–Trinajstić information content (AvgIpc) is 3.12. The van der Waals surface area contributed by atoms with Crippen molar-refractivity contribution in [2.75, 3.05) is 13.7 Å². The van der Waals surface area contributed by atoms with Gasteiger partial charge in [0.1, 0.15) is 5.75 Å². The Morgan fingerprint density at radius 1 is 1.24 bits per heavy atom. The van der Waals surface area contributed by atoms with Crippen LogP contribution in [0, 0.1) is 0 Å². The second kappa shape index (κ2) is 7.47. The second-order valence-corrected chi connectivity index (χ2v) is 6.29. The van der Waals surface area contributed by atoms with Crippen molar-refractivity contribution in [3.8, 4) is 5.75 Å². The number of Topliss-reactive ketones (excluding diaryl/α,β-unsaturated/α-hetero) is 1. The van der Waals surface area contributed by atoms with Gasteiger partial charge in [-0.05, 0) is 55.7 Å². The first-order valence-corrected chi connectivity index (χ1v) is 8.47. The lowest BCUT2D eigenvalue weighted by Gasteiger charge is -2.25. The van der Waals surface area contributed by atoms with E-state index in [1.165, 1.54) is 6.92 Å². The summed E-state index contributed by atoms with van der Waals surface area (Å²) in [5.74, 6) is 0.670. The number of ether oxygens (including phenoxy) is 1. The fourth-order valence-electron chi connectivity index (χ4n) is 3.40. The molecule has 1 aromatic carbocycles. The number of amides is 1. The minimum absolute atomic E-state index is 0.0211. The van der Waals surface area contributed by atoms with Gasteiger partial charge >= 0.3 is 0 Å². The topological polar surface area (TPSA) is 59.5 Å². The summed E-state index contributed by atoms with van der Waals surface area (Å²) in [5.41, 5.74) is 2.46. The minimum atomic E-state index is -0.0211. The van der Waals surface area contributed by atoms with Crippen LogP contribution < -0.4 is 4.74 Å². The first-order valence-electron chi connectivity index (χ1n) is 8.47. The Balaban J connectivity index is 1.82. The average molecular weight is 338 g/mol. The smallest absolute Gasteiger partial charge is 0.227 e. The highest BCUT2D eigenvalue weighted by molar-refractivity contribution is 5.94. The van der Waals surface area contributed by atoms with E-state index in [0.29, 0.717) is 11.3 Å². The van der Waals surface area contributed by atoms with E-state index in [2.05, 4.69) is 4.98 Å². The summed E-state index contributed by atoms with van der Waals surface area (Å²) in [6.07, 6.45) is 5.70. The van der Waals surface area contributed by atoms with Gasteiger partial charge in [0, 0.05) is 30.1 Å². The largest absolute Gasteiger partial charge is 0.496 e. The Labute approximate surface area is 147 Å². The molecule has 1 atom stereocenters. The molecule has 0 spiro atoms. The molecule has 1 unspecified atom stereocenters. The van der Waals surface area contributed by atoms with Gasteiger partial charge < -0.3 is 9.64 Å². The Bertz CT molecular complexity index is 774. The Hall–Kier alpha value is -2.69. The number of hydrogen-bond donors (Lipinski definition) is 0. The second-order valence-electron chi connectivity index (χ2n) is 6.29. The SMILES string of the molecule is COc1ccc(C(C)=O)cc1CC(=O)N1CCCC1c1ccncc1. The summed E-state index contributed by atoms with van der Waals surface area (Å²) in [6, 6.07) is 9.27. The number of carbonyl (C=O) groups is 2. The third kappa shape index (κ3) is 3.71. The number of pyridine rings is 1. The third-order valence-corrected chi connectivity index (χ3v) is 4.69. The summed E-state index contributed by atoms with van der Waals surface area (Å²) in [5, 5.41) is 0. The number of benzene rings is 1. The first-order chi connectivity index (χ1) is 12.1. The Morgan fingerprint density at radius 2 is 2.00 bits per heavy atom. The van der Waals surface area contributed by atoms with Crippen molar-refractivity contribution in [2.24, 2.45) is 0 Å². The van der Waals surface area contributed by atoms with Crippen molar-refractivity contribution >= 4 is 11.7 Å². The number of ketones is 1. The van der Waals surface area contributed by atoms with Crippen LogP contribution in [0.4, 0.5) is 0 Å². The molecular weight excluding hydrogens is 316 g/mol. The van der Waals surface area contributed by atoms with Gasteiger partial charge in [0.2, 0.25) is 5.91 Å². The monoisotopic (exact) mass is 338 g/mol. The molecule has 1 aromatic heterocycles. The summed E-state index contributed by atoms with van der Waals surface area (Å²) in [7, 11) is 1.58. The van der Waals surface area contributed by atoms with E-state index in [0.717, 1.165) is 30.5 Å². The Kier molecular flexibility index (Phi) is 5.12.